The van der Waals surface area contributed by atoms with Crippen molar-refractivity contribution in [3.63, 3.8) is 0 Å². The molecule has 0 radical (unpaired) electrons. The molecule has 0 bridgehead atoms. The number of sulfonamides is 1. The number of nitrogens with zero attached hydrogens (tertiary/aromatic N) is 1. The normalized spacial score (nSPS) is 22.5. The first-order valence-corrected chi connectivity index (χ1v) is 15.8. The third-order valence-electron chi connectivity index (χ3n) is 8.04. The molecule has 2 fully saturated rings. The highest BCUT2D eigenvalue weighted by molar-refractivity contribution is 7.99. The first-order valence-electron chi connectivity index (χ1n) is 13.3. The highest BCUT2D eigenvalue weighted by atomic mass is 32.2. The number of halogens is 1. The zero-order chi connectivity index (χ0) is 27.2. The van der Waals surface area contributed by atoms with Gasteiger partial charge in [-0.2, -0.15) is 11.8 Å². The fraction of sp³-hybridized carbons (Fsp3) is 0.367. The Morgan fingerprint density at radius 2 is 1.95 bits per heavy atom. The number of carbonyl (C=O) groups excluding carboxylic acids is 1. The average molecular weight is 567 g/mol. The molecule has 2 aliphatic heterocycles. The highest BCUT2D eigenvalue weighted by Crippen LogP contribution is 2.52. The molecular formula is C30H31FN2O4S2. The number of fused-ring (bicyclic) bond motifs is 2. The lowest BCUT2D eigenvalue weighted by atomic mass is 9.74. The van der Waals surface area contributed by atoms with Crippen molar-refractivity contribution in [3.8, 4) is 5.75 Å². The molecule has 1 aliphatic carbocycles. The smallest absolute Gasteiger partial charge is 0.264 e. The van der Waals surface area contributed by atoms with E-state index in [-0.39, 0.29) is 34.5 Å². The summed E-state index contributed by atoms with van der Waals surface area (Å²) in [5.41, 5.74) is 2.24. The topological polar surface area (TPSA) is 75.7 Å². The second-order valence-electron chi connectivity index (χ2n) is 10.7. The van der Waals surface area contributed by atoms with E-state index in [2.05, 4.69) is 5.32 Å². The maximum atomic E-state index is 14.5. The lowest BCUT2D eigenvalue weighted by Crippen LogP contribution is -2.41. The second-order valence-corrected chi connectivity index (χ2v) is 14.0. The molecule has 2 heterocycles. The van der Waals surface area contributed by atoms with Crippen molar-refractivity contribution in [2.45, 2.75) is 53.7 Å². The van der Waals surface area contributed by atoms with Gasteiger partial charge in [-0.15, -0.1) is 0 Å². The molecule has 2 atom stereocenters. The Morgan fingerprint density at radius 3 is 2.72 bits per heavy atom. The van der Waals surface area contributed by atoms with Gasteiger partial charge in [0.05, 0.1) is 17.7 Å². The van der Waals surface area contributed by atoms with Crippen LogP contribution >= 0.6 is 11.8 Å². The number of benzene rings is 3. The molecule has 6 nitrogen and oxygen atoms in total. The van der Waals surface area contributed by atoms with E-state index in [1.165, 1.54) is 23.5 Å². The average Bonchev–Trinajstić information content (AvgIpc) is 3.71. The van der Waals surface area contributed by atoms with Gasteiger partial charge in [-0.1, -0.05) is 24.3 Å². The molecule has 1 N–H and O–H groups in total. The zero-order valence-electron chi connectivity index (χ0n) is 21.7. The highest BCUT2D eigenvalue weighted by Gasteiger charge is 2.49. The van der Waals surface area contributed by atoms with E-state index in [0.717, 1.165) is 30.6 Å². The fourth-order valence-electron chi connectivity index (χ4n) is 5.81. The molecule has 39 heavy (non-hydrogen) atoms. The fourth-order valence-corrected chi connectivity index (χ4v) is 8.99. The third-order valence-corrected chi connectivity index (χ3v) is 11.0. The van der Waals surface area contributed by atoms with Gasteiger partial charge in [-0.25, -0.2) is 12.8 Å². The van der Waals surface area contributed by atoms with Crippen molar-refractivity contribution in [1.29, 1.82) is 0 Å². The molecule has 204 valence electrons. The Kier molecular flexibility index (Phi) is 6.83. The minimum Gasteiger partial charge on any atom is -0.497 e. The van der Waals surface area contributed by atoms with Crippen molar-refractivity contribution in [2.24, 2.45) is 0 Å². The van der Waals surface area contributed by atoms with Gasteiger partial charge >= 0.3 is 0 Å². The van der Waals surface area contributed by atoms with Crippen molar-refractivity contribution < 1.29 is 22.3 Å². The summed E-state index contributed by atoms with van der Waals surface area (Å²) in [6.45, 7) is 0.282. The maximum absolute atomic E-state index is 14.5. The summed E-state index contributed by atoms with van der Waals surface area (Å²) in [6, 6.07) is 19.0. The SMILES string of the molecule is COc1cccc(S(=O)(=O)N2CC3(CCSC(Cc4ccccc4F)C3)c3cc(C(=O)NC4CC4)ccc32)c1. The van der Waals surface area contributed by atoms with E-state index in [9.17, 15) is 17.6 Å². The molecule has 3 aromatic rings. The molecule has 6 rings (SSSR count). The second kappa shape index (κ2) is 10.2. The molecule has 1 spiro atoms. The Morgan fingerprint density at radius 1 is 1.13 bits per heavy atom. The standard InChI is InChI=1S/C30H31FN2O4S2/c1-37-23-6-4-7-25(17-23)39(35,36)33-19-30(13-14-38-24(18-30)15-20-5-2-3-8-27(20)31)26-16-21(9-12-28(26)33)29(34)32-22-10-11-22/h2-9,12,16-17,22,24H,10-11,13-15,18-19H2,1H3,(H,32,34). The third kappa shape index (κ3) is 5.02. The largest absolute Gasteiger partial charge is 0.497 e. The number of nitrogens with one attached hydrogen (secondary N) is 1. The first-order chi connectivity index (χ1) is 18.8. The minimum absolute atomic E-state index is 0.118. The number of rotatable bonds is 7. The number of ether oxygens (including phenoxy) is 1. The summed E-state index contributed by atoms with van der Waals surface area (Å²) in [6.07, 6.45) is 4.01. The molecule has 1 amide bonds. The molecular weight excluding hydrogens is 535 g/mol. The molecule has 3 aliphatic rings. The predicted molar refractivity (Wildman–Crippen MR) is 152 cm³/mol. The lowest BCUT2D eigenvalue weighted by Gasteiger charge is -2.38. The number of methoxy groups -OCH3 is 1. The van der Waals surface area contributed by atoms with Crippen molar-refractivity contribution in [2.75, 3.05) is 23.7 Å². The van der Waals surface area contributed by atoms with Gasteiger partial charge in [-0.05, 0) is 85.4 Å². The van der Waals surface area contributed by atoms with E-state index in [4.69, 9.17) is 4.74 Å². The van der Waals surface area contributed by atoms with Crippen molar-refractivity contribution in [3.05, 3.63) is 89.2 Å². The Hall–Kier alpha value is -3.04. The van der Waals surface area contributed by atoms with E-state index in [1.54, 1.807) is 36.4 Å². The van der Waals surface area contributed by atoms with E-state index in [0.29, 0.717) is 35.4 Å². The van der Waals surface area contributed by atoms with Crippen LogP contribution in [0, 0.1) is 5.82 Å². The first kappa shape index (κ1) is 26.2. The van der Waals surface area contributed by atoms with Gasteiger partial charge < -0.3 is 10.1 Å². The van der Waals surface area contributed by atoms with Crippen LogP contribution in [0.1, 0.15) is 47.2 Å². The van der Waals surface area contributed by atoms with E-state index < -0.39 is 15.4 Å². The summed E-state index contributed by atoms with van der Waals surface area (Å²) in [5, 5.41) is 3.17. The maximum Gasteiger partial charge on any atom is 0.264 e. The number of thioether (sulfide) groups is 1. The number of anilines is 1. The van der Waals surface area contributed by atoms with Crippen LogP contribution in [0.25, 0.3) is 0 Å². The number of hydrogen-bond acceptors (Lipinski definition) is 5. The van der Waals surface area contributed by atoms with Crippen molar-refractivity contribution in [1.82, 2.24) is 5.32 Å². The Balaban J connectivity index is 1.39. The van der Waals surface area contributed by atoms with Crippen LogP contribution in [0.3, 0.4) is 0 Å². The summed E-state index contributed by atoms with van der Waals surface area (Å²) < 4.78 is 49.3. The Bertz CT molecular complexity index is 1520. The van der Waals surface area contributed by atoms with Crippen LogP contribution in [0.4, 0.5) is 10.1 Å². The summed E-state index contributed by atoms with van der Waals surface area (Å²) >= 11 is 1.81. The van der Waals surface area contributed by atoms with Crippen LogP contribution in [0.15, 0.2) is 71.6 Å². The monoisotopic (exact) mass is 566 g/mol. The van der Waals surface area contributed by atoms with Gasteiger partial charge in [0.25, 0.3) is 15.9 Å². The van der Waals surface area contributed by atoms with Gasteiger partial charge in [-0.3, -0.25) is 9.10 Å². The molecule has 3 aromatic carbocycles. The number of carbonyl (C=O) groups is 1. The van der Waals surface area contributed by atoms with Gasteiger partial charge in [0.15, 0.2) is 0 Å². The molecule has 0 aromatic heterocycles. The van der Waals surface area contributed by atoms with Crippen molar-refractivity contribution >= 4 is 33.4 Å². The van der Waals surface area contributed by atoms with Crippen LogP contribution in [-0.4, -0.2) is 45.0 Å². The van der Waals surface area contributed by atoms with Crippen LogP contribution in [-0.2, 0) is 21.9 Å². The van der Waals surface area contributed by atoms with E-state index >= 15 is 0 Å². The summed E-state index contributed by atoms with van der Waals surface area (Å²) in [4.78, 5) is 13.1. The summed E-state index contributed by atoms with van der Waals surface area (Å²) in [5.74, 6) is 0.948. The molecule has 2 unspecified atom stereocenters. The Labute approximate surface area is 233 Å². The van der Waals surface area contributed by atoms with Gasteiger partial charge in [0.1, 0.15) is 11.6 Å². The zero-order valence-corrected chi connectivity index (χ0v) is 23.4. The number of hydrogen-bond donors (Lipinski definition) is 1. The van der Waals surface area contributed by atoms with Crippen LogP contribution < -0.4 is 14.4 Å². The lowest BCUT2D eigenvalue weighted by molar-refractivity contribution is 0.0951. The molecule has 1 saturated heterocycles. The minimum atomic E-state index is -3.90. The molecule has 9 heteroatoms. The van der Waals surface area contributed by atoms with Gasteiger partial charge in [0.2, 0.25) is 0 Å². The van der Waals surface area contributed by atoms with Crippen LogP contribution in [0.2, 0.25) is 0 Å². The quantitative estimate of drug-likeness (QED) is 0.420. The van der Waals surface area contributed by atoms with E-state index in [1.807, 2.05) is 30.0 Å². The van der Waals surface area contributed by atoms with Gasteiger partial charge in [0, 0.05) is 34.9 Å². The predicted octanol–water partition coefficient (Wildman–Crippen LogP) is 5.31. The molecule has 1 saturated carbocycles. The summed E-state index contributed by atoms with van der Waals surface area (Å²) in [7, 11) is -2.39. The van der Waals surface area contributed by atoms with Crippen LogP contribution in [0.5, 0.6) is 5.75 Å². The number of amides is 1.